The smallest absolute Gasteiger partial charge is 0.0641 e. The molecular weight excluding hydrogens is 593 g/mol. The van der Waals surface area contributed by atoms with E-state index in [2.05, 4.69) is 167 Å². The first-order valence-electron chi connectivity index (χ1n) is 17.7. The molecule has 1 saturated carbocycles. The van der Waals surface area contributed by atoms with Gasteiger partial charge in [0.05, 0.1) is 22.1 Å². The third-order valence-corrected chi connectivity index (χ3v) is 11.7. The maximum atomic E-state index is 2.56. The normalized spacial score (nSPS) is 14.8. The SMILES string of the molecule is c1ccc(-c2ccc(-n3c4ccccc4c4c3ccc3c5ccccc5n(-c5ccc6c(c5)C5(CCCC5)c5ccccc5-6)c34)cc2)cc1. The number of benzene rings is 7. The van der Waals surface area contributed by atoms with E-state index in [9.17, 15) is 0 Å². The lowest BCUT2D eigenvalue weighted by Crippen LogP contribution is -2.20. The molecule has 2 aliphatic carbocycles. The van der Waals surface area contributed by atoms with Crippen molar-refractivity contribution in [2.24, 2.45) is 0 Å². The van der Waals surface area contributed by atoms with E-state index in [-0.39, 0.29) is 5.41 Å². The molecule has 9 aromatic rings. The van der Waals surface area contributed by atoms with Crippen molar-refractivity contribution in [3.8, 4) is 33.6 Å². The van der Waals surface area contributed by atoms with Crippen LogP contribution in [0, 0.1) is 0 Å². The minimum atomic E-state index is 0.123. The molecule has 2 aromatic heterocycles. The van der Waals surface area contributed by atoms with Crippen LogP contribution in [0.5, 0.6) is 0 Å². The summed E-state index contributed by atoms with van der Waals surface area (Å²) in [4.78, 5) is 0. The second-order valence-electron chi connectivity index (χ2n) is 14.0. The van der Waals surface area contributed by atoms with Crippen molar-refractivity contribution in [3.05, 3.63) is 169 Å². The summed E-state index contributed by atoms with van der Waals surface area (Å²) in [6, 6.07) is 58.8. The Balaban J connectivity index is 1.20. The number of rotatable bonds is 3. The topological polar surface area (TPSA) is 9.86 Å². The zero-order valence-electron chi connectivity index (χ0n) is 27.2. The average molecular weight is 627 g/mol. The van der Waals surface area contributed by atoms with E-state index in [0.29, 0.717) is 0 Å². The highest BCUT2D eigenvalue weighted by Crippen LogP contribution is 2.57. The Morgan fingerprint density at radius 2 is 1.04 bits per heavy atom. The molecule has 0 amide bonds. The fourth-order valence-corrected chi connectivity index (χ4v) is 9.59. The lowest BCUT2D eigenvalue weighted by molar-refractivity contribution is 0.549. The summed E-state index contributed by atoms with van der Waals surface area (Å²) < 4.78 is 5.02. The van der Waals surface area contributed by atoms with Crippen LogP contribution in [0.3, 0.4) is 0 Å². The summed E-state index contributed by atoms with van der Waals surface area (Å²) in [5.41, 5.74) is 15.9. The third kappa shape index (κ3) is 3.66. The summed E-state index contributed by atoms with van der Waals surface area (Å²) in [5.74, 6) is 0. The summed E-state index contributed by atoms with van der Waals surface area (Å²) in [6.07, 6.45) is 5.04. The van der Waals surface area contributed by atoms with Gasteiger partial charge < -0.3 is 9.13 Å². The van der Waals surface area contributed by atoms with E-state index in [4.69, 9.17) is 0 Å². The Bertz CT molecular complexity index is 2750. The lowest BCUT2D eigenvalue weighted by Gasteiger charge is -2.27. The van der Waals surface area contributed by atoms with Crippen LogP contribution in [0.1, 0.15) is 36.8 Å². The fraction of sp³-hybridized carbons (Fsp3) is 0.106. The van der Waals surface area contributed by atoms with Crippen molar-refractivity contribution in [1.82, 2.24) is 9.13 Å². The van der Waals surface area contributed by atoms with E-state index >= 15 is 0 Å². The Labute approximate surface area is 285 Å². The molecule has 2 nitrogen and oxygen atoms in total. The number of fused-ring (bicyclic) bond motifs is 12. The van der Waals surface area contributed by atoms with Gasteiger partial charge >= 0.3 is 0 Å². The van der Waals surface area contributed by atoms with Crippen LogP contribution < -0.4 is 0 Å². The Morgan fingerprint density at radius 3 is 1.86 bits per heavy atom. The molecule has 0 N–H and O–H groups in total. The summed E-state index contributed by atoms with van der Waals surface area (Å²) in [5, 5.41) is 5.17. The van der Waals surface area contributed by atoms with Crippen LogP contribution >= 0.6 is 0 Å². The molecule has 2 heterocycles. The number of aromatic nitrogens is 2. The zero-order valence-corrected chi connectivity index (χ0v) is 27.2. The second kappa shape index (κ2) is 10.1. The second-order valence-corrected chi connectivity index (χ2v) is 14.0. The van der Waals surface area contributed by atoms with Crippen molar-refractivity contribution in [3.63, 3.8) is 0 Å². The molecule has 0 unspecified atom stereocenters. The van der Waals surface area contributed by atoms with Gasteiger partial charge in [-0.1, -0.05) is 128 Å². The number of hydrogen-bond donors (Lipinski definition) is 0. The predicted molar refractivity (Wildman–Crippen MR) is 205 cm³/mol. The molecule has 0 radical (unpaired) electrons. The highest BCUT2D eigenvalue weighted by atomic mass is 15.0. The van der Waals surface area contributed by atoms with Crippen molar-refractivity contribution in [1.29, 1.82) is 0 Å². The molecule has 49 heavy (non-hydrogen) atoms. The fourth-order valence-electron chi connectivity index (χ4n) is 9.59. The number of hydrogen-bond acceptors (Lipinski definition) is 0. The Morgan fingerprint density at radius 1 is 0.408 bits per heavy atom. The van der Waals surface area contributed by atoms with Gasteiger partial charge in [0.25, 0.3) is 0 Å². The van der Waals surface area contributed by atoms with Crippen LogP contribution in [0.2, 0.25) is 0 Å². The average Bonchev–Trinajstić information content (AvgIpc) is 3.93. The predicted octanol–water partition coefficient (Wildman–Crippen LogP) is 12.4. The van der Waals surface area contributed by atoms with Gasteiger partial charge in [-0.2, -0.15) is 0 Å². The van der Waals surface area contributed by atoms with Gasteiger partial charge in [-0.05, 0) is 88.7 Å². The first kappa shape index (κ1) is 27.1. The van der Waals surface area contributed by atoms with Gasteiger partial charge in [-0.15, -0.1) is 0 Å². The first-order valence-corrected chi connectivity index (χ1v) is 17.7. The highest BCUT2D eigenvalue weighted by Gasteiger charge is 2.45. The summed E-state index contributed by atoms with van der Waals surface area (Å²) in [7, 11) is 0. The molecule has 232 valence electrons. The van der Waals surface area contributed by atoms with Gasteiger partial charge in [0.2, 0.25) is 0 Å². The molecule has 11 rings (SSSR count). The molecular formula is C47H34N2. The summed E-state index contributed by atoms with van der Waals surface area (Å²) in [6.45, 7) is 0. The van der Waals surface area contributed by atoms with Crippen LogP contribution in [0.25, 0.3) is 77.2 Å². The molecule has 0 atom stereocenters. The number of nitrogens with zero attached hydrogens (tertiary/aromatic N) is 2. The lowest BCUT2D eigenvalue weighted by atomic mass is 9.77. The van der Waals surface area contributed by atoms with E-state index in [1.165, 1.54) is 114 Å². The molecule has 1 fully saturated rings. The van der Waals surface area contributed by atoms with Gasteiger partial charge in [0.1, 0.15) is 0 Å². The minimum Gasteiger partial charge on any atom is -0.309 e. The van der Waals surface area contributed by atoms with Gasteiger partial charge in [0, 0.05) is 38.3 Å². The van der Waals surface area contributed by atoms with E-state index in [1.807, 2.05) is 0 Å². The Hall–Kier alpha value is -5.86. The van der Waals surface area contributed by atoms with E-state index in [0.717, 1.165) is 0 Å². The van der Waals surface area contributed by atoms with Crippen LogP contribution in [0.4, 0.5) is 0 Å². The number of para-hydroxylation sites is 2. The van der Waals surface area contributed by atoms with Crippen LogP contribution in [-0.4, -0.2) is 9.13 Å². The maximum absolute atomic E-state index is 2.56. The van der Waals surface area contributed by atoms with Crippen molar-refractivity contribution < 1.29 is 0 Å². The summed E-state index contributed by atoms with van der Waals surface area (Å²) >= 11 is 0. The van der Waals surface area contributed by atoms with E-state index < -0.39 is 0 Å². The molecule has 0 bridgehead atoms. The molecule has 2 aliphatic rings. The standard InChI is InChI=1S/C47H34N2/c1-2-12-31(13-3-1)32-20-22-33(23-21-32)48-43-19-9-6-16-39(43)45-44(48)27-26-38-37-15-5-8-18-42(37)49(46(38)45)34-24-25-36-35-14-4-7-17-40(35)47(41(36)30-34)28-10-11-29-47/h1-9,12-27,30H,10-11,28-29H2. The van der Waals surface area contributed by atoms with Gasteiger partial charge in [-0.3, -0.25) is 0 Å². The largest absolute Gasteiger partial charge is 0.309 e. The van der Waals surface area contributed by atoms with E-state index in [1.54, 1.807) is 0 Å². The highest BCUT2D eigenvalue weighted by molar-refractivity contribution is 6.26. The monoisotopic (exact) mass is 626 g/mol. The van der Waals surface area contributed by atoms with Gasteiger partial charge in [-0.25, -0.2) is 0 Å². The minimum absolute atomic E-state index is 0.123. The molecule has 7 aromatic carbocycles. The van der Waals surface area contributed by atoms with Gasteiger partial charge in [0.15, 0.2) is 0 Å². The van der Waals surface area contributed by atoms with Crippen LogP contribution in [0.15, 0.2) is 158 Å². The quantitative estimate of drug-likeness (QED) is 0.185. The maximum Gasteiger partial charge on any atom is 0.0641 e. The molecule has 0 aliphatic heterocycles. The molecule has 1 spiro atoms. The zero-order chi connectivity index (χ0) is 32.1. The Kier molecular flexibility index (Phi) is 5.58. The third-order valence-electron chi connectivity index (χ3n) is 11.7. The molecule has 0 saturated heterocycles. The molecule has 2 heteroatoms. The van der Waals surface area contributed by atoms with Crippen molar-refractivity contribution in [2.75, 3.05) is 0 Å². The van der Waals surface area contributed by atoms with Crippen molar-refractivity contribution >= 4 is 43.6 Å². The van der Waals surface area contributed by atoms with Crippen molar-refractivity contribution in [2.45, 2.75) is 31.1 Å². The van der Waals surface area contributed by atoms with Crippen LogP contribution in [-0.2, 0) is 5.41 Å². The first-order chi connectivity index (χ1) is 24.3.